The van der Waals surface area contributed by atoms with E-state index in [1.165, 1.54) is 24.3 Å². The Labute approximate surface area is 258 Å². The van der Waals surface area contributed by atoms with Crippen molar-refractivity contribution in [3.05, 3.63) is 53.6 Å². The van der Waals surface area contributed by atoms with Gasteiger partial charge in [0, 0.05) is 18.0 Å². The van der Waals surface area contributed by atoms with Crippen molar-refractivity contribution >= 4 is 45.2 Å². The summed E-state index contributed by atoms with van der Waals surface area (Å²) in [7, 11) is -3.40. The van der Waals surface area contributed by atoms with Crippen LogP contribution in [0.4, 0.5) is 34.1 Å². The Kier molecular flexibility index (Phi) is 11.1. The molecule has 1 aliphatic rings. The molecule has 0 heterocycles. The first-order valence-electron chi connectivity index (χ1n) is 14.0. The maximum absolute atomic E-state index is 13.4. The number of hydrogen-bond donors (Lipinski definition) is 5. The van der Waals surface area contributed by atoms with Gasteiger partial charge in [-0.05, 0) is 76.1 Å². The fourth-order valence-electron chi connectivity index (χ4n) is 4.54. The first-order valence-corrected chi connectivity index (χ1v) is 15.9. The molecule has 12 nitrogen and oxygen atoms in total. The van der Waals surface area contributed by atoms with Crippen molar-refractivity contribution in [2.24, 2.45) is 0 Å². The molecule has 0 aromatic heterocycles. The third kappa shape index (κ3) is 11.0. The number of halogens is 3. The summed E-state index contributed by atoms with van der Waals surface area (Å²) >= 11 is 0. The molecular weight excluding hydrogens is 619 g/mol. The second-order valence-corrected chi connectivity index (χ2v) is 13.5. The lowest BCUT2D eigenvalue weighted by Gasteiger charge is -2.32. The topological polar surface area (TPSA) is 172 Å². The van der Waals surface area contributed by atoms with Crippen LogP contribution in [0, 0.1) is 0 Å². The zero-order valence-corrected chi connectivity index (χ0v) is 25.9. The first kappa shape index (κ1) is 35.1. The summed E-state index contributed by atoms with van der Waals surface area (Å²) in [5.74, 6) is -1.69. The van der Waals surface area contributed by atoms with Gasteiger partial charge < -0.3 is 26.0 Å². The van der Waals surface area contributed by atoms with Crippen LogP contribution in [0.15, 0.2) is 47.4 Å². The third-order valence-corrected chi connectivity index (χ3v) is 7.73. The Bertz CT molecular complexity index is 1520. The highest BCUT2D eigenvalue weighted by Crippen LogP contribution is 2.32. The molecule has 0 bridgehead atoms. The van der Waals surface area contributed by atoms with E-state index in [1.54, 1.807) is 20.8 Å². The van der Waals surface area contributed by atoms with E-state index >= 15 is 0 Å². The quantitative estimate of drug-likeness (QED) is 0.280. The van der Waals surface area contributed by atoms with Gasteiger partial charge in [0.25, 0.3) is 5.91 Å². The molecule has 2 atom stereocenters. The van der Waals surface area contributed by atoms with Crippen molar-refractivity contribution in [1.29, 1.82) is 0 Å². The molecule has 16 heteroatoms. The van der Waals surface area contributed by atoms with E-state index in [9.17, 15) is 40.8 Å². The Morgan fingerprint density at radius 2 is 1.49 bits per heavy atom. The van der Waals surface area contributed by atoms with Gasteiger partial charge in [0.2, 0.25) is 5.91 Å². The fourth-order valence-corrected chi connectivity index (χ4v) is 5.17. The van der Waals surface area contributed by atoms with Gasteiger partial charge >= 0.3 is 18.3 Å². The molecule has 0 unspecified atom stereocenters. The van der Waals surface area contributed by atoms with Gasteiger partial charge in [-0.15, -0.1) is 0 Å². The molecule has 0 aliphatic heterocycles. The van der Waals surface area contributed by atoms with E-state index in [2.05, 4.69) is 26.6 Å². The lowest BCUT2D eigenvalue weighted by molar-refractivity contribution is -0.137. The number of hydrogen-bond acceptors (Lipinski definition) is 7. The van der Waals surface area contributed by atoms with Gasteiger partial charge in [0.1, 0.15) is 5.60 Å². The lowest BCUT2D eigenvalue weighted by Crippen LogP contribution is -2.55. The molecule has 246 valence electrons. The number of anilines is 2. The van der Waals surface area contributed by atoms with Gasteiger partial charge in [-0.1, -0.05) is 12.8 Å². The van der Waals surface area contributed by atoms with Crippen LogP contribution in [-0.4, -0.2) is 62.8 Å². The zero-order valence-electron chi connectivity index (χ0n) is 25.1. The molecule has 0 spiro atoms. The average Bonchev–Trinajstić information content (AvgIpc) is 2.91. The number of alkyl halides is 3. The van der Waals surface area contributed by atoms with Crippen molar-refractivity contribution in [2.45, 2.75) is 75.2 Å². The minimum absolute atomic E-state index is 0.0965. The molecule has 2 aromatic carbocycles. The van der Waals surface area contributed by atoms with Gasteiger partial charge in [-0.25, -0.2) is 18.0 Å². The van der Waals surface area contributed by atoms with E-state index in [0.717, 1.165) is 25.2 Å². The van der Waals surface area contributed by atoms with Crippen LogP contribution in [0.1, 0.15) is 62.4 Å². The number of urea groups is 1. The third-order valence-electron chi connectivity index (χ3n) is 6.61. The summed E-state index contributed by atoms with van der Waals surface area (Å²) in [5, 5.41) is 12.7. The second kappa shape index (κ2) is 14.2. The van der Waals surface area contributed by atoms with Crippen LogP contribution >= 0.6 is 0 Å². The molecule has 0 radical (unpaired) electrons. The average molecular weight is 656 g/mol. The number of nitrogens with one attached hydrogen (secondary N) is 5. The number of ether oxygens (including phenoxy) is 1. The van der Waals surface area contributed by atoms with Gasteiger partial charge in [-0.2, -0.15) is 13.2 Å². The Hall–Kier alpha value is -4.34. The van der Waals surface area contributed by atoms with Gasteiger partial charge in [0.05, 0.1) is 34.3 Å². The smallest absolute Gasteiger partial charge is 0.416 e. The minimum Gasteiger partial charge on any atom is -0.444 e. The lowest BCUT2D eigenvalue weighted by atomic mass is 9.90. The molecule has 5 N–H and O–H groups in total. The summed E-state index contributed by atoms with van der Waals surface area (Å²) < 4.78 is 68.5. The molecule has 1 saturated carbocycles. The van der Waals surface area contributed by atoms with Crippen molar-refractivity contribution in [1.82, 2.24) is 16.0 Å². The monoisotopic (exact) mass is 655 g/mol. The minimum atomic E-state index is -4.77. The Morgan fingerprint density at radius 1 is 0.889 bits per heavy atom. The molecule has 0 saturated heterocycles. The largest absolute Gasteiger partial charge is 0.444 e. The number of sulfone groups is 1. The van der Waals surface area contributed by atoms with Crippen molar-refractivity contribution in [2.75, 3.05) is 23.4 Å². The Morgan fingerprint density at radius 3 is 2.04 bits per heavy atom. The van der Waals surface area contributed by atoms with E-state index in [-0.39, 0.29) is 10.6 Å². The first-order chi connectivity index (χ1) is 20.8. The van der Waals surface area contributed by atoms with Crippen LogP contribution in [0.2, 0.25) is 0 Å². The predicted molar refractivity (Wildman–Crippen MR) is 160 cm³/mol. The molecule has 45 heavy (non-hydrogen) atoms. The van der Waals surface area contributed by atoms with Crippen LogP contribution < -0.4 is 26.6 Å². The normalized spacial score (nSPS) is 17.0. The van der Waals surface area contributed by atoms with Crippen molar-refractivity contribution < 1.29 is 45.5 Å². The van der Waals surface area contributed by atoms with Gasteiger partial charge in [0.15, 0.2) is 9.84 Å². The predicted octanol–water partition coefficient (Wildman–Crippen LogP) is 4.43. The number of benzene rings is 2. The molecular formula is C29H36F3N5O7S. The zero-order chi connectivity index (χ0) is 33.6. The highest BCUT2D eigenvalue weighted by Gasteiger charge is 2.33. The van der Waals surface area contributed by atoms with Crippen LogP contribution in [0.3, 0.4) is 0 Å². The van der Waals surface area contributed by atoms with Gasteiger partial charge in [-0.3, -0.25) is 14.9 Å². The summed E-state index contributed by atoms with van der Waals surface area (Å²) in [6.07, 6.45) is -2.09. The van der Waals surface area contributed by atoms with Crippen molar-refractivity contribution in [3.8, 4) is 0 Å². The summed E-state index contributed by atoms with van der Waals surface area (Å²) in [5.41, 5.74) is -2.46. The van der Waals surface area contributed by atoms with Crippen LogP contribution in [0.25, 0.3) is 0 Å². The molecule has 3 rings (SSSR count). The molecule has 2 aromatic rings. The number of carbonyl (C=O) groups excluding carboxylic acids is 4. The highest BCUT2D eigenvalue weighted by atomic mass is 32.2. The molecule has 1 fully saturated rings. The highest BCUT2D eigenvalue weighted by molar-refractivity contribution is 7.90. The molecule has 5 amide bonds. The molecule has 1 aliphatic carbocycles. The summed E-state index contributed by atoms with van der Waals surface area (Å²) in [6, 6.07) is 6.25. The van der Waals surface area contributed by atoms with E-state index in [4.69, 9.17) is 4.74 Å². The standard InChI is InChI=1S/C29H36F3N5O7S/c1-28(2,3)44-27(41)37-21-14-9-17(29(30,31)32)15-20(21)25(39)33-16-24(38)35-22-7-5-6-8-23(22)36-26(40)34-18-10-12-19(13-11-18)45(4,42)43/h9-15,22-23H,5-8,16H2,1-4H3,(H,33,39)(H,35,38)(H,37,41)(H2,34,36,40)/t22-,23+/m0/s1. The van der Waals surface area contributed by atoms with E-state index in [1.807, 2.05) is 0 Å². The number of carbonyl (C=O) groups is 4. The number of rotatable bonds is 8. The van der Waals surface area contributed by atoms with E-state index in [0.29, 0.717) is 30.7 Å². The Balaban J connectivity index is 1.62. The van der Waals surface area contributed by atoms with E-state index < -0.39 is 75.3 Å². The maximum atomic E-state index is 13.4. The van der Waals surface area contributed by atoms with Crippen molar-refractivity contribution in [3.63, 3.8) is 0 Å². The maximum Gasteiger partial charge on any atom is 0.416 e. The van der Waals surface area contributed by atoms with Crippen LogP contribution in [0.5, 0.6) is 0 Å². The van der Waals surface area contributed by atoms with Crippen LogP contribution in [-0.2, 0) is 25.5 Å². The second-order valence-electron chi connectivity index (χ2n) is 11.5. The number of amides is 5. The fraction of sp³-hybridized carbons (Fsp3) is 0.448. The summed E-state index contributed by atoms with van der Waals surface area (Å²) in [4.78, 5) is 50.6. The summed E-state index contributed by atoms with van der Waals surface area (Å²) in [6.45, 7) is 4.17. The SMILES string of the molecule is CC(C)(C)OC(=O)Nc1ccc(C(F)(F)F)cc1C(=O)NCC(=O)N[C@H]1CCCC[C@H]1NC(=O)Nc1ccc(S(C)(=O)=O)cc1.